The first kappa shape index (κ1) is 11.8. The summed E-state index contributed by atoms with van der Waals surface area (Å²) in [6.07, 6.45) is 2.21. The fourth-order valence-electron chi connectivity index (χ4n) is 0.990. The lowest BCUT2D eigenvalue weighted by Gasteiger charge is -2.12. The van der Waals surface area contributed by atoms with E-state index in [0.29, 0.717) is 5.92 Å². The van der Waals surface area contributed by atoms with Crippen molar-refractivity contribution in [1.82, 2.24) is 0 Å². The van der Waals surface area contributed by atoms with Crippen LogP contribution in [0.5, 0.6) is 0 Å². The van der Waals surface area contributed by atoms with Crippen molar-refractivity contribution < 1.29 is 14.3 Å². The van der Waals surface area contributed by atoms with Crippen LogP contribution in [0.4, 0.5) is 0 Å². The molecular formula is C9H15NO3. The van der Waals surface area contributed by atoms with Crippen molar-refractivity contribution in [1.29, 1.82) is 0 Å². The van der Waals surface area contributed by atoms with E-state index in [2.05, 4.69) is 4.99 Å². The van der Waals surface area contributed by atoms with Crippen LogP contribution in [0.3, 0.4) is 0 Å². The molecule has 0 unspecified atom stereocenters. The summed E-state index contributed by atoms with van der Waals surface area (Å²) < 4.78 is 4.75. The van der Waals surface area contributed by atoms with Gasteiger partial charge in [-0.3, -0.25) is 4.79 Å². The summed E-state index contributed by atoms with van der Waals surface area (Å²) in [7, 11) is 0. The van der Waals surface area contributed by atoms with Crippen molar-refractivity contribution in [3.8, 4) is 0 Å². The maximum absolute atomic E-state index is 10.5. The highest BCUT2D eigenvalue weighted by Gasteiger charge is 2.10. The third-order valence-electron chi connectivity index (χ3n) is 1.46. The third kappa shape index (κ3) is 7.22. The van der Waals surface area contributed by atoms with Crippen LogP contribution in [0.1, 0.15) is 27.2 Å². The van der Waals surface area contributed by atoms with E-state index in [0.717, 1.165) is 6.42 Å². The summed E-state index contributed by atoms with van der Waals surface area (Å²) in [6, 6.07) is -0.249. The Morgan fingerprint density at radius 3 is 2.54 bits per heavy atom. The number of carbonyl (C=O) groups excluding carboxylic acids is 2. The van der Waals surface area contributed by atoms with Gasteiger partial charge in [-0.15, -0.1) is 0 Å². The number of aliphatic imine (C=N–C) groups is 1. The predicted octanol–water partition coefficient (Wildman–Crippen LogP) is 1.30. The van der Waals surface area contributed by atoms with Crippen LogP contribution in [-0.2, 0) is 14.3 Å². The van der Waals surface area contributed by atoms with Gasteiger partial charge >= 0.3 is 5.97 Å². The second-order valence-corrected chi connectivity index (χ2v) is 3.31. The van der Waals surface area contributed by atoms with Gasteiger partial charge in [0.2, 0.25) is 6.08 Å². The predicted molar refractivity (Wildman–Crippen MR) is 48.0 cm³/mol. The molecule has 4 nitrogen and oxygen atoms in total. The van der Waals surface area contributed by atoms with E-state index in [4.69, 9.17) is 4.74 Å². The molecule has 0 fully saturated rings. The van der Waals surface area contributed by atoms with Crippen LogP contribution in [-0.4, -0.2) is 24.7 Å². The normalized spacial score (nSPS) is 12.0. The summed E-state index contributed by atoms with van der Waals surface area (Å²) in [4.78, 5) is 24.0. The van der Waals surface area contributed by atoms with Gasteiger partial charge in [-0.05, 0) is 12.3 Å². The van der Waals surface area contributed by atoms with Gasteiger partial charge in [0.05, 0.1) is 6.04 Å². The first-order valence-corrected chi connectivity index (χ1v) is 4.26. The van der Waals surface area contributed by atoms with Crippen molar-refractivity contribution >= 4 is 12.0 Å². The Balaban J connectivity index is 3.94. The molecule has 0 saturated heterocycles. The smallest absolute Gasteiger partial charge is 0.302 e. The van der Waals surface area contributed by atoms with Crippen LogP contribution >= 0.6 is 0 Å². The Labute approximate surface area is 78.0 Å². The molecule has 0 aliphatic heterocycles. The molecule has 0 aromatic carbocycles. The number of carbonyl (C=O) groups is 1. The molecule has 0 spiro atoms. The second-order valence-electron chi connectivity index (χ2n) is 3.31. The maximum atomic E-state index is 10.5. The summed E-state index contributed by atoms with van der Waals surface area (Å²) in [6.45, 7) is 5.53. The van der Waals surface area contributed by atoms with E-state index in [1.165, 1.54) is 13.0 Å². The van der Waals surface area contributed by atoms with Crippen molar-refractivity contribution in [2.75, 3.05) is 6.61 Å². The Bertz CT molecular complexity index is 207. The van der Waals surface area contributed by atoms with E-state index in [-0.39, 0.29) is 18.6 Å². The zero-order valence-electron chi connectivity index (χ0n) is 8.24. The largest absolute Gasteiger partial charge is 0.464 e. The Hall–Kier alpha value is -1.15. The van der Waals surface area contributed by atoms with Gasteiger partial charge in [0.1, 0.15) is 6.61 Å². The first-order chi connectivity index (χ1) is 6.06. The van der Waals surface area contributed by atoms with Crippen LogP contribution in [0.25, 0.3) is 0 Å². The lowest BCUT2D eigenvalue weighted by molar-refractivity contribution is -0.141. The van der Waals surface area contributed by atoms with Gasteiger partial charge in [-0.25, -0.2) is 4.79 Å². The average Bonchev–Trinajstić information content (AvgIpc) is 1.99. The van der Waals surface area contributed by atoms with E-state index < -0.39 is 0 Å². The quantitative estimate of drug-likeness (QED) is 0.368. The Kier molecular flexibility index (Phi) is 5.81. The minimum absolute atomic E-state index is 0.169. The van der Waals surface area contributed by atoms with Crippen LogP contribution in [0, 0.1) is 5.92 Å². The lowest BCUT2D eigenvalue weighted by Crippen LogP contribution is -2.17. The van der Waals surface area contributed by atoms with Crippen molar-refractivity contribution in [3.05, 3.63) is 0 Å². The van der Waals surface area contributed by atoms with Gasteiger partial charge in [0.25, 0.3) is 0 Å². The molecule has 0 rings (SSSR count). The molecule has 13 heavy (non-hydrogen) atoms. The number of esters is 1. The molecule has 0 aliphatic carbocycles. The van der Waals surface area contributed by atoms with E-state index >= 15 is 0 Å². The highest BCUT2D eigenvalue weighted by molar-refractivity contribution is 5.65. The highest BCUT2D eigenvalue weighted by Crippen LogP contribution is 2.08. The number of ether oxygens (including phenoxy) is 1. The minimum Gasteiger partial charge on any atom is -0.464 e. The monoisotopic (exact) mass is 185 g/mol. The van der Waals surface area contributed by atoms with Crippen molar-refractivity contribution in [3.63, 3.8) is 0 Å². The summed E-state index contributed by atoms with van der Waals surface area (Å²) in [5, 5.41) is 0. The van der Waals surface area contributed by atoms with Gasteiger partial charge in [0, 0.05) is 6.92 Å². The first-order valence-electron chi connectivity index (χ1n) is 4.26. The van der Waals surface area contributed by atoms with Gasteiger partial charge < -0.3 is 4.74 Å². The highest BCUT2D eigenvalue weighted by atomic mass is 16.5. The van der Waals surface area contributed by atoms with Crippen molar-refractivity contribution in [2.45, 2.75) is 33.2 Å². The fourth-order valence-corrected chi connectivity index (χ4v) is 0.990. The summed E-state index contributed by atoms with van der Waals surface area (Å²) >= 11 is 0. The number of hydrogen-bond acceptors (Lipinski definition) is 4. The summed E-state index contributed by atoms with van der Waals surface area (Å²) in [5.74, 6) is 0.0625. The van der Waals surface area contributed by atoms with Crippen LogP contribution in [0.15, 0.2) is 4.99 Å². The maximum Gasteiger partial charge on any atom is 0.302 e. The molecule has 0 aromatic heterocycles. The van der Waals surface area contributed by atoms with Crippen LogP contribution in [0.2, 0.25) is 0 Å². The molecule has 1 atom stereocenters. The van der Waals surface area contributed by atoms with Crippen LogP contribution < -0.4 is 0 Å². The Morgan fingerprint density at radius 1 is 1.54 bits per heavy atom. The standard InChI is InChI=1S/C9H15NO3/c1-7(2)4-9(10-6-11)5-13-8(3)12/h7,9H,4-5H2,1-3H3/t9-/m1/s1. The molecule has 0 amide bonds. The molecule has 0 N–H and O–H groups in total. The number of isocyanates is 1. The Morgan fingerprint density at radius 2 is 2.15 bits per heavy atom. The fraction of sp³-hybridized carbons (Fsp3) is 0.778. The minimum atomic E-state index is -0.352. The molecule has 0 saturated carbocycles. The SMILES string of the molecule is CC(=O)OC[C@@H](CC(C)C)N=C=O. The van der Waals surface area contributed by atoms with Crippen molar-refractivity contribution in [2.24, 2.45) is 10.9 Å². The van der Waals surface area contributed by atoms with Gasteiger partial charge in [0.15, 0.2) is 0 Å². The van der Waals surface area contributed by atoms with Gasteiger partial charge in [-0.2, -0.15) is 4.99 Å². The van der Waals surface area contributed by atoms with E-state index in [9.17, 15) is 9.59 Å². The zero-order valence-corrected chi connectivity index (χ0v) is 8.24. The molecule has 0 heterocycles. The average molecular weight is 185 g/mol. The molecular weight excluding hydrogens is 170 g/mol. The van der Waals surface area contributed by atoms with Gasteiger partial charge in [-0.1, -0.05) is 13.8 Å². The van der Waals surface area contributed by atoms with E-state index in [1.54, 1.807) is 0 Å². The number of nitrogens with zero attached hydrogens (tertiary/aromatic N) is 1. The zero-order chi connectivity index (χ0) is 10.3. The molecule has 0 aromatic rings. The molecule has 74 valence electrons. The third-order valence-corrected chi connectivity index (χ3v) is 1.46. The summed E-state index contributed by atoms with van der Waals surface area (Å²) in [5.41, 5.74) is 0. The molecule has 4 heteroatoms. The lowest BCUT2D eigenvalue weighted by atomic mass is 10.1. The molecule has 0 aliphatic rings. The number of rotatable bonds is 5. The molecule has 0 radical (unpaired) electrons. The number of hydrogen-bond donors (Lipinski definition) is 0. The van der Waals surface area contributed by atoms with E-state index in [1.807, 2.05) is 13.8 Å². The topological polar surface area (TPSA) is 55.7 Å². The molecule has 0 bridgehead atoms. The second kappa shape index (κ2) is 6.38.